The van der Waals surface area contributed by atoms with E-state index in [9.17, 15) is 0 Å². The van der Waals surface area contributed by atoms with Crippen LogP contribution in [0.3, 0.4) is 0 Å². The number of likely N-dealkylation sites (tertiary alicyclic amines) is 1. The van der Waals surface area contributed by atoms with Crippen molar-refractivity contribution in [3.8, 4) is 0 Å². The maximum Gasteiger partial charge on any atom is 0.0433 e. The van der Waals surface area contributed by atoms with Crippen LogP contribution >= 0.6 is 15.9 Å². The third kappa shape index (κ3) is 4.38. The van der Waals surface area contributed by atoms with Crippen LogP contribution in [-0.4, -0.2) is 36.2 Å². The highest BCUT2D eigenvalue weighted by Gasteiger charge is 2.18. The van der Waals surface area contributed by atoms with Gasteiger partial charge in [0.2, 0.25) is 0 Å². The fourth-order valence-electron chi connectivity index (χ4n) is 2.62. The van der Waals surface area contributed by atoms with Crippen LogP contribution in [-0.2, 0) is 6.42 Å². The Morgan fingerprint density at radius 1 is 1.17 bits per heavy atom. The molecule has 1 N–H and O–H groups in total. The lowest BCUT2D eigenvalue weighted by molar-refractivity contribution is 0.160. The van der Waals surface area contributed by atoms with E-state index in [-0.39, 0.29) is 0 Å². The molecule has 1 aliphatic rings. The Bertz CT molecular complexity index is 344. The quantitative estimate of drug-likeness (QED) is 0.903. The van der Waals surface area contributed by atoms with Gasteiger partial charge >= 0.3 is 0 Å². The molecule has 0 spiro atoms. The van der Waals surface area contributed by atoms with Crippen molar-refractivity contribution in [3.05, 3.63) is 34.3 Å². The highest BCUT2D eigenvalue weighted by Crippen LogP contribution is 2.20. The number of aliphatic hydroxyl groups excluding tert-OH is 1. The maximum absolute atomic E-state index is 8.94. The second kappa shape index (κ2) is 7.27. The van der Waals surface area contributed by atoms with Gasteiger partial charge in [-0.1, -0.05) is 28.1 Å². The SMILES string of the molecule is OCCC1CCN(CCc2ccc(Br)cc2)CC1. The summed E-state index contributed by atoms with van der Waals surface area (Å²) in [6.07, 6.45) is 4.63. The number of piperidine rings is 1. The zero-order valence-electron chi connectivity index (χ0n) is 10.8. The average molecular weight is 312 g/mol. The fraction of sp³-hybridized carbons (Fsp3) is 0.600. The van der Waals surface area contributed by atoms with Gasteiger partial charge in [-0.25, -0.2) is 0 Å². The van der Waals surface area contributed by atoms with Gasteiger partial charge in [-0.2, -0.15) is 0 Å². The van der Waals surface area contributed by atoms with E-state index < -0.39 is 0 Å². The van der Waals surface area contributed by atoms with E-state index in [0.29, 0.717) is 6.61 Å². The molecular weight excluding hydrogens is 290 g/mol. The number of hydrogen-bond acceptors (Lipinski definition) is 2. The molecule has 1 aromatic carbocycles. The van der Waals surface area contributed by atoms with Crippen molar-refractivity contribution in [2.24, 2.45) is 5.92 Å². The van der Waals surface area contributed by atoms with Crippen LogP contribution in [0.25, 0.3) is 0 Å². The average Bonchev–Trinajstić information content (AvgIpc) is 2.40. The summed E-state index contributed by atoms with van der Waals surface area (Å²) in [6.45, 7) is 3.90. The van der Waals surface area contributed by atoms with E-state index in [0.717, 1.165) is 29.8 Å². The monoisotopic (exact) mass is 311 g/mol. The van der Waals surface area contributed by atoms with Crippen molar-refractivity contribution in [3.63, 3.8) is 0 Å². The Labute approximate surface area is 118 Å². The van der Waals surface area contributed by atoms with E-state index in [1.165, 1.54) is 31.5 Å². The molecule has 0 aromatic heterocycles. The van der Waals surface area contributed by atoms with Crippen molar-refractivity contribution in [2.75, 3.05) is 26.2 Å². The first-order chi connectivity index (χ1) is 8.78. The summed E-state index contributed by atoms with van der Waals surface area (Å²) in [7, 11) is 0. The molecule has 0 atom stereocenters. The van der Waals surface area contributed by atoms with Crippen molar-refractivity contribution >= 4 is 15.9 Å². The number of halogens is 1. The smallest absolute Gasteiger partial charge is 0.0433 e. The van der Waals surface area contributed by atoms with Gasteiger partial charge in [0, 0.05) is 17.6 Å². The van der Waals surface area contributed by atoms with Gasteiger partial charge in [0.25, 0.3) is 0 Å². The van der Waals surface area contributed by atoms with Gasteiger partial charge in [0.05, 0.1) is 0 Å². The van der Waals surface area contributed by atoms with Crippen molar-refractivity contribution < 1.29 is 5.11 Å². The number of benzene rings is 1. The third-order valence-electron chi connectivity index (χ3n) is 3.87. The topological polar surface area (TPSA) is 23.5 Å². The summed E-state index contributed by atoms with van der Waals surface area (Å²) in [4.78, 5) is 2.55. The number of aliphatic hydroxyl groups is 1. The summed E-state index contributed by atoms with van der Waals surface area (Å²) in [6, 6.07) is 8.62. The van der Waals surface area contributed by atoms with Crippen LogP contribution < -0.4 is 0 Å². The van der Waals surface area contributed by atoms with Crippen LogP contribution in [0.5, 0.6) is 0 Å². The van der Waals surface area contributed by atoms with Gasteiger partial charge in [-0.15, -0.1) is 0 Å². The summed E-state index contributed by atoms with van der Waals surface area (Å²) >= 11 is 3.46. The minimum atomic E-state index is 0.351. The summed E-state index contributed by atoms with van der Waals surface area (Å²) in [5.41, 5.74) is 1.41. The highest BCUT2D eigenvalue weighted by molar-refractivity contribution is 9.10. The fourth-order valence-corrected chi connectivity index (χ4v) is 2.88. The maximum atomic E-state index is 8.94. The van der Waals surface area contributed by atoms with E-state index in [1.807, 2.05) is 0 Å². The Hall–Kier alpha value is -0.380. The Morgan fingerprint density at radius 3 is 2.44 bits per heavy atom. The van der Waals surface area contributed by atoms with E-state index >= 15 is 0 Å². The molecule has 0 bridgehead atoms. The summed E-state index contributed by atoms with van der Waals surface area (Å²) < 4.78 is 1.15. The standard InChI is InChI=1S/C15H22BrNO/c16-15-3-1-13(2-4-15)5-9-17-10-6-14(7-11-17)8-12-18/h1-4,14,18H,5-12H2. The lowest BCUT2D eigenvalue weighted by atomic mass is 9.94. The summed E-state index contributed by atoms with van der Waals surface area (Å²) in [5, 5.41) is 8.94. The van der Waals surface area contributed by atoms with Gasteiger partial charge < -0.3 is 10.0 Å². The normalized spacial score (nSPS) is 18.1. The minimum Gasteiger partial charge on any atom is -0.396 e. The lowest BCUT2D eigenvalue weighted by Crippen LogP contribution is -2.35. The molecule has 2 rings (SSSR count). The zero-order valence-corrected chi connectivity index (χ0v) is 12.4. The predicted molar refractivity (Wildman–Crippen MR) is 78.7 cm³/mol. The highest BCUT2D eigenvalue weighted by atomic mass is 79.9. The Kier molecular flexibility index (Phi) is 5.67. The summed E-state index contributed by atoms with van der Waals surface area (Å²) in [5.74, 6) is 0.749. The molecule has 1 fully saturated rings. The largest absolute Gasteiger partial charge is 0.396 e. The molecule has 1 aliphatic heterocycles. The van der Waals surface area contributed by atoms with Crippen LogP contribution in [0, 0.1) is 5.92 Å². The van der Waals surface area contributed by atoms with Crippen molar-refractivity contribution in [1.29, 1.82) is 0 Å². The predicted octanol–water partition coefficient (Wildman–Crippen LogP) is 3.09. The molecule has 1 heterocycles. The van der Waals surface area contributed by atoms with Crippen LogP contribution in [0.4, 0.5) is 0 Å². The van der Waals surface area contributed by atoms with Crippen molar-refractivity contribution in [1.82, 2.24) is 4.90 Å². The molecule has 0 amide bonds. The molecule has 1 saturated heterocycles. The van der Waals surface area contributed by atoms with Gasteiger partial charge in [-0.05, 0) is 62.4 Å². The van der Waals surface area contributed by atoms with Crippen LogP contribution in [0.15, 0.2) is 28.7 Å². The first-order valence-corrected chi connectivity index (χ1v) is 7.65. The van der Waals surface area contributed by atoms with Crippen LogP contribution in [0.2, 0.25) is 0 Å². The number of nitrogens with zero attached hydrogens (tertiary/aromatic N) is 1. The molecule has 100 valence electrons. The van der Waals surface area contributed by atoms with Crippen LogP contribution in [0.1, 0.15) is 24.8 Å². The molecule has 18 heavy (non-hydrogen) atoms. The molecule has 0 unspecified atom stereocenters. The Morgan fingerprint density at radius 2 is 1.83 bits per heavy atom. The van der Waals surface area contributed by atoms with Gasteiger partial charge in [-0.3, -0.25) is 0 Å². The molecule has 0 saturated carbocycles. The number of hydrogen-bond donors (Lipinski definition) is 1. The second-order valence-electron chi connectivity index (χ2n) is 5.17. The molecule has 2 nitrogen and oxygen atoms in total. The molecular formula is C15H22BrNO. The molecule has 3 heteroatoms. The number of rotatable bonds is 5. The van der Waals surface area contributed by atoms with Crippen molar-refractivity contribution in [2.45, 2.75) is 25.7 Å². The lowest BCUT2D eigenvalue weighted by Gasteiger charge is -2.31. The second-order valence-corrected chi connectivity index (χ2v) is 6.09. The molecule has 1 aromatic rings. The molecule has 0 radical (unpaired) electrons. The zero-order chi connectivity index (χ0) is 12.8. The molecule has 0 aliphatic carbocycles. The van der Waals surface area contributed by atoms with Gasteiger partial charge in [0.1, 0.15) is 0 Å². The first kappa shape index (κ1) is 14.0. The first-order valence-electron chi connectivity index (χ1n) is 6.85. The Balaban J connectivity index is 1.70. The minimum absolute atomic E-state index is 0.351. The van der Waals surface area contributed by atoms with E-state index in [4.69, 9.17) is 5.11 Å². The van der Waals surface area contributed by atoms with E-state index in [1.54, 1.807) is 0 Å². The third-order valence-corrected chi connectivity index (χ3v) is 4.40. The van der Waals surface area contributed by atoms with Gasteiger partial charge in [0.15, 0.2) is 0 Å². The van der Waals surface area contributed by atoms with E-state index in [2.05, 4.69) is 45.1 Å².